The van der Waals surface area contributed by atoms with E-state index in [1.807, 2.05) is 6.92 Å². The zero-order valence-corrected chi connectivity index (χ0v) is 18.3. The van der Waals surface area contributed by atoms with Gasteiger partial charge in [0.05, 0.1) is 24.3 Å². The van der Waals surface area contributed by atoms with Gasteiger partial charge >= 0.3 is 11.9 Å². The van der Waals surface area contributed by atoms with Gasteiger partial charge in [0.25, 0.3) is 0 Å². The molecule has 0 bridgehead atoms. The number of hydrogen-bond donors (Lipinski definition) is 0. The Morgan fingerprint density at radius 2 is 1.21 bits per heavy atom. The van der Waals surface area contributed by atoms with Crippen molar-refractivity contribution in [3.05, 3.63) is 47.5 Å². The summed E-state index contributed by atoms with van der Waals surface area (Å²) in [6.45, 7) is 8.55. The molecule has 0 heterocycles. The smallest absolute Gasteiger partial charge is 0.339 e. The van der Waals surface area contributed by atoms with E-state index in [0.29, 0.717) is 13.0 Å². The maximum Gasteiger partial charge on any atom is 0.339 e. The van der Waals surface area contributed by atoms with Crippen LogP contribution in [0.3, 0.4) is 0 Å². The van der Waals surface area contributed by atoms with Crippen molar-refractivity contribution in [2.45, 2.75) is 84.5 Å². The van der Waals surface area contributed by atoms with Crippen LogP contribution in [0.15, 0.2) is 36.4 Å². The summed E-state index contributed by atoms with van der Waals surface area (Å²) in [5.74, 6) is -0.967. The summed E-state index contributed by atoms with van der Waals surface area (Å²) >= 11 is 0. The fourth-order valence-electron chi connectivity index (χ4n) is 3.07. The number of hydrogen-bond acceptors (Lipinski definition) is 4. The predicted molar refractivity (Wildman–Crippen MR) is 118 cm³/mol. The Labute approximate surface area is 176 Å². The van der Waals surface area contributed by atoms with Gasteiger partial charge in [-0.05, 0) is 25.5 Å². The molecular weight excluding hydrogens is 364 g/mol. The lowest BCUT2D eigenvalue weighted by molar-refractivity contribution is 0.0456. The maximum atomic E-state index is 12.4. The SMILES string of the molecule is C=C(C)CCOC(=O)c1ccccc1C(=O)OCCCCCCCCCCCC. The van der Waals surface area contributed by atoms with Crippen molar-refractivity contribution in [3.8, 4) is 0 Å². The molecule has 0 spiro atoms. The van der Waals surface area contributed by atoms with Crippen LogP contribution in [-0.2, 0) is 9.47 Å². The third-order valence-electron chi connectivity index (χ3n) is 4.86. The van der Waals surface area contributed by atoms with Gasteiger partial charge in [0.1, 0.15) is 0 Å². The summed E-state index contributed by atoms with van der Waals surface area (Å²) in [5, 5.41) is 0. The molecule has 0 atom stereocenters. The van der Waals surface area contributed by atoms with E-state index in [9.17, 15) is 9.59 Å². The number of rotatable bonds is 16. The number of benzene rings is 1. The molecule has 0 saturated carbocycles. The predicted octanol–water partition coefficient (Wildman–Crippen LogP) is 6.89. The molecule has 4 heteroatoms. The van der Waals surface area contributed by atoms with Crippen molar-refractivity contribution in [1.29, 1.82) is 0 Å². The Hall–Kier alpha value is -2.10. The van der Waals surface area contributed by atoms with Crippen molar-refractivity contribution in [3.63, 3.8) is 0 Å². The van der Waals surface area contributed by atoms with E-state index >= 15 is 0 Å². The Morgan fingerprint density at radius 3 is 1.69 bits per heavy atom. The summed E-state index contributed by atoms with van der Waals surface area (Å²) in [6.07, 6.45) is 12.9. The van der Waals surface area contributed by atoms with Crippen molar-refractivity contribution < 1.29 is 19.1 Å². The highest BCUT2D eigenvalue weighted by Crippen LogP contribution is 2.14. The molecular formula is C25H38O4. The molecule has 0 aliphatic rings. The fourth-order valence-corrected chi connectivity index (χ4v) is 3.07. The first-order valence-electron chi connectivity index (χ1n) is 11.1. The summed E-state index contributed by atoms with van der Waals surface area (Å²) < 4.78 is 10.6. The molecule has 1 aromatic rings. The van der Waals surface area contributed by atoms with Gasteiger partial charge in [0.15, 0.2) is 0 Å². The van der Waals surface area contributed by atoms with E-state index in [0.717, 1.165) is 18.4 Å². The minimum Gasteiger partial charge on any atom is -0.462 e. The molecule has 1 rings (SSSR count). The first-order chi connectivity index (χ1) is 14.1. The van der Waals surface area contributed by atoms with Crippen LogP contribution in [0.5, 0.6) is 0 Å². The van der Waals surface area contributed by atoms with Crippen LogP contribution in [0.4, 0.5) is 0 Å². The minimum absolute atomic E-state index is 0.252. The quantitative estimate of drug-likeness (QED) is 0.172. The Morgan fingerprint density at radius 1 is 0.759 bits per heavy atom. The highest BCUT2D eigenvalue weighted by molar-refractivity contribution is 6.03. The summed E-state index contributed by atoms with van der Waals surface area (Å²) in [6, 6.07) is 6.65. The minimum atomic E-state index is -0.502. The number of unbranched alkanes of at least 4 members (excludes halogenated alkanes) is 9. The first kappa shape index (κ1) is 24.9. The second-order valence-electron chi connectivity index (χ2n) is 7.71. The third kappa shape index (κ3) is 11.5. The number of carbonyl (C=O) groups is 2. The molecule has 0 N–H and O–H groups in total. The second kappa shape index (κ2) is 15.8. The molecule has 4 nitrogen and oxygen atoms in total. The lowest BCUT2D eigenvalue weighted by Crippen LogP contribution is -2.15. The number of esters is 2. The fraction of sp³-hybridized carbons (Fsp3) is 0.600. The van der Waals surface area contributed by atoms with Crippen molar-refractivity contribution >= 4 is 11.9 Å². The van der Waals surface area contributed by atoms with Gasteiger partial charge in [-0.3, -0.25) is 0 Å². The van der Waals surface area contributed by atoms with E-state index < -0.39 is 11.9 Å². The molecule has 0 radical (unpaired) electrons. The monoisotopic (exact) mass is 402 g/mol. The van der Waals surface area contributed by atoms with E-state index in [1.54, 1.807) is 24.3 Å². The van der Waals surface area contributed by atoms with Gasteiger partial charge in [-0.15, -0.1) is 6.58 Å². The summed E-state index contributed by atoms with van der Waals surface area (Å²) in [7, 11) is 0. The van der Waals surface area contributed by atoms with Crippen LogP contribution < -0.4 is 0 Å². The molecule has 29 heavy (non-hydrogen) atoms. The average molecular weight is 403 g/mol. The van der Waals surface area contributed by atoms with Crippen LogP contribution >= 0.6 is 0 Å². The number of ether oxygens (including phenoxy) is 2. The molecule has 0 saturated heterocycles. The largest absolute Gasteiger partial charge is 0.462 e. The molecule has 0 aliphatic heterocycles. The molecule has 1 aromatic carbocycles. The van der Waals surface area contributed by atoms with Crippen molar-refractivity contribution in [2.75, 3.05) is 13.2 Å². The topological polar surface area (TPSA) is 52.6 Å². The van der Waals surface area contributed by atoms with E-state index in [4.69, 9.17) is 9.47 Å². The van der Waals surface area contributed by atoms with Crippen molar-refractivity contribution in [1.82, 2.24) is 0 Å². The Bertz CT molecular complexity index is 621. The molecule has 0 aromatic heterocycles. The molecule has 0 fully saturated rings. The van der Waals surface area contributed by atoms with Crippen LogP contribution in [0.25, 0.3) is 0 Å². The van der Waals surface area contributed by atoms with Gasteiger partial charge < -0.3 is 9.47 Å². The first-order valence-corrected chi connectivity index (χ1v) is 11.1. The zero-order valence-electron chi connectivity index (χ0n) is 18.3. The van der Waals surface area contributed by atoms with Gasteiger partial charge in [0, 0.05) is 6.42 Å². The van der Waals surface area contributed by atoms with Gasteiger partial charge in [-0.2, -0.15) is 0 Å². The molecule has 0 amide bonds. The van der Waals surface area contributed by atoms with Crippen LogP contribution in [-0.4, -0.2) is 25.2 Å². The number of carbonyl (C=O) groups excluding carboxylic acids is 2. The van der Waals surface area contributed by atoms with E-state index in [1.165, 1.54) is 51.4 Å². The lowest BCUT2D eigenvalue weighted by Gasteiger charge is -2.10. The van der Waals surface area contributed by atoms with Crippen LogP contribution in [0.2, 0.25) is 0 Å². The Kier molecular flexibility index (Phi) is 13.6. The second-order valence-corrected chi connectivity index (χ2v) is 7.71. The molecule has 0 aliphatic carbocycles. The van der Waals surface area contributed by atoms with Crippen LogP contribution in [0.1, 0.15) is 105 Å². The van der Waals surface area contributed by atoms with Crippen molar-refractivity contribution in [2.24, 2.45) is 0 Å². The third-order valence-corrected chi connectivity index (χ3v) is 4.86. The lowest BCUT2D eigenvalue weighted by atomic mass is 10.1. The Balaban J connectivity index is 2.26. The van der Waals surface area contributed by atoms with Gasteiger partial charge in [-0.25, -0.2) is 9.59 Å². The van der Waals surface area contributed by atoms with E-state index in [-0.39, 0.29) is 17.7 Å². The summed E-state index contributed by atoms with van der Waals surface area (Å²) in [5.41, 5.74) is 1.46. The average Bonchev–Trinajstić information content (AvgIpc) is 2.71. The normalized spacial score (nSPS) is 10.6. The van der Waals surface area contributed by atoms with Gasteiger partial charge in [-0.1, -0.05) is 82.4 Å². The maximum absolute atomic E-state index is 12.4. The van der Waals surface area contributed by atoms with Gasteiger partial charge in [0.2, 0.25) is 0 Å². The van der Waals surface area contributed by atoms with E-state index in [2.05, 4.69) is 13.5 Å². The standard InChI is InChI=1S/C25H38O4/c1-4-5-6-7-8-9-10-11-12-15-19-28-24(26)22-16-13-14-17-23(22)25(27)29-20-18-21(2)3/h13-14,16-17H,2,4-12,15,18-20H2,1,3H3. The highest BCUT2D eigenvalue weighted by atomic mass is 16.5. The van der Waals surface area contributed by atoms with Crippen LogP contribution in [0, 0.1) is 0 Å². The molecule has 0 unspecified atom stereocenters. The zero-order chi connectivity index (χ0) is 21.3. The highest BCUT2D eigenvalue weighted by Gasteiger charge is 2.18. The summed E-state index contributed by atoms with van der Waals surface area (Å²) in [4.78, 5) is 24.6. The molecule has 162 valence electrons.